The summed E-state index contributed by atoms with van der Waals surface area (Å²) >= 11 is 0. The quantitative estimate of drug-likeness (QED) is 0.903. The number of anilines is 2. The summed E-state index contributed by atoms with van der Waals surface area (Å²) < 4.78 is 13.0. The van der Waals surface area contributed by atoms with Gasteiger partial charge in [0, 0.05) is 25.0 Å². The number of hydrogen-bond donors (Lipinski definition) is 2. The predicted molar refractivity (Wildman–Crippen MR) is 78.2 cm³/mol. The number of amides is 2. The first-order valence-corrected chi connectivity index (χ1v) is 6.19. The van der Waals surface area contributed by atoms with E-state index in [9.17, 15) is 9.18 Å². The zero-order valence-electron chi connectivity index (χ0n) is 11.1. The Kier molecular flexibility index (Phi) is 4.32. The number of nitrogens with zero attached hydrogens (tertiary/aromatic N) is 1. The Hall–Kier alpha value is -2.40. The van der Waals surface area contributed by atoms with E-state index >= 15 is 0 Å². The molecule has 0 heterocycles. The van der Waals surface area contributed by atoms with E-state index in [1.807, 2.05) is 24.3 Å². The average Bonchev–Trinajstić information content (AvgIpc) is 2.46. The van der Waals surface area contributed by atoms with Gasteiger partial charge in [-0.3, -0.25) is 4.90 Å². The van der Waals surface area contributed by atoms with Crippen molar-refractivity contribution >= 4 is 17.4 Å². The van der Waals surface area contributed by atoms with Crippen molar-refractivity contribution in [3.8, 4) is 0 Å². The molecule has 0 saturated heterocycles. The predicted octanol–water partition coefficient (Wildman–Crippen LogP) is 2.95. The third-order valence-corrected chi connectivity index (χ3v) is 2.94. The second-order valence-electron chi connectivity index (χ2n) is 4.37. The van der Waals surface area contributed by atoms with Gasteiger partial charge in [-0.05, 0) is 35.9 Å². The lowest BCUT2D eigenvalue weighted by Gasteiger charge is -2.18. The van der Waals surface area contributed by atoms with Crippen molar-refractivity contribution in [3.63, 3.8) is 0 Å². The lowest BCUT2D eigenvalue weighted by molar-refractivity contribution is 0.258. The molecule has 0 aliphatic carbocycles. The molecule has 0 atom stereocenters. The monoisotopic (exact) mass is 273 g/mol. The molecule has 2 amide bonds. The van der Waals surface area contributed by atoms with Gasteiger partial charge in [0.25, 0.3) is 0 Å². The Labute approximate surface area is 117 Å². The molecule has 3 N–H and O–H groups in total. The lowest BCUT2D eigenvalue weighted by atomic mass is 10.2. The van der Waals surface area contributed by atoms with Crippen LogP contribution in [0.1, 0.15) is 5.56 Å². The van der Waals surface area contributed by atoms with Gasteiger partial charge in [0.15, 0.2) is 0 Å². The summed E-state index contributed by atoms with van der Waals surface area (Å²) in [5.41, 5.74) is 7.67. The van der Waals surface area contributed by atoms with Crippen molar-refractivity contribution < 1.29 is 9.18 Å². The van der Waals surface area contributed by atoms with Crippen LogP contribution in [0.3, 0.4) is 0 Å². The van der Waals surface area contributed by atoms with Crippen molar-refractivity contribution in [2.45, 2.75) is 6.54 Å². The molecule has 2 rings (SSSR count). The maximum Gasteiger partial charge on any atom is 0.326 e. The van der Waals surface area contributed by atoms with Crippen LogP contribution in [0.5, 0.6) is 0 Å². The number of urea groups is 1. The molecule has 2 aromatic rings. The van der Waals surface area contributed by atoms with E-state index in [-0.39, 0.29) is 6.03 Å². The Morgan fingerprint density at radius 1 is 1.25 bits per heavy atom. The summed E-state index contributed by atoms with van der Waals surface area (Å²) in [6, 6.07) is 12.8. The minimum atomic E-state index is -0.391. The molecule has 0 aliphatic heterocycles. The van der Waals surface area contributed by atoms with Crippen LogP contribution in [0, 0.1) is 5.82 Å². The van der Waals surface area contributed by atoms with Gasteiger partial charge in [-0.25, -0.2) is 9.18 Å². The zero-order valence-corrected chi connectivity index (χ0v) is 11.1. The summed E-state index contributed by atoms with van der Waals surface area (Å²) in [5, 5.41) is 2.63. The smallest absolute Gasteiger partial charge is 0.326 e. The zero-order chi connectivity index (χ0) is 14.5. The van der Waals surface area contributed by atoms with E-state index in [0.717, 1.165) is 11.3 Å². The summed E-state index contributed by atoms with van der Waals surface area (Å²) in [4.78, 5) is 13.5. The Balaban J connectivity index is 2.07. The van der Waals surface area contributed by atoms with E-state index in [1.165, 1.54) is 17.0 Å². The van der Waals surface area contributed by atoms with Crippen molar-refractivity contribution in [1.82, 2.24) is 0 Å². The molecule has 0 radical (unpaired) electrons. The number of carbonyl (C=O) groups excluding carboxylic acids is 1. The normalized spacial score (nSPS) is 10.2. The molecule has 0 bridgehead atoms. The molecule has 0 fully saturated rings. The SMILES string of the molecule is CN(C(=O)Nc1cccc(F)c1)c1ccc(CN)cc1. The van der Waals surface area contributed by atoms with Crippen LogP contribution in [0.2, 0.25) is 0 Å². The molecule has 0 aromatic heterocycles. The Bertz CT molecular complexity index is 598. The van der Waals surface area contributed by atoms with Crippen LogP contribution in [0.25, 0.3) is 0 Å². The van der Waals surface area contributed by atoms with Gasteiger partial charge < -0.3 is 11.1 Å². The minimum absolute atomic E-state index is 0.337. The number of rotatable bonds is 3. The van der Waals surface area contributed by atoms with E-state index in [2.05, 4.69) is 5.32 Å². The van der Waals surface area contributed by atoms with Crippen molar-refractivity contribution in [2.75, 3.05) is 17.3 Å². The van der Waals surface area contributed by atoms with E-state index < -0.39 is 5.82 Å². The van der Waals surface area contributed by atoms with Gasteiger partial charge in [0.2, 0.25) is 0 Å². The Morgan fingerprint density at radius 3 is 2.55 bits per heavy atom. The molecule has 5 heteroatoms. The Morgan fingerprint density at radius 2 is 1.95 bits per heavy atom. The van der Waals surface area contributed by atoms with E-state index in [1.54, 1.807) is 19.2 Å². The number of hydrogen-bond acceptors (Lipinski definition) is 2. The summed E-state index contributed by atoms with van der Waals surface area (Å²) in [6.07, 6.45) is 0. The molecule has 0 unspecified atom stereocenters. The van der Waals surface area contributed by atoms with Gasteiger partial charge >= 0.3 is 6.03 Å². The average molecular weight is 273 g/mol. The number of halogens is 1. The molecular formula is C15H16FN3O. The van der Waals surface area contributed by atoms with E-state index in [0.29, 0.717) is 12.2 Å². The summed E-state index contributed by atoms with van der Waals surface area (Å²) in [6.45, 7) is 0.458. The summed E-state index contributed by atoms with van der Waals surface area (Å²) in [5.74, 6) is -0.391. The standard InChI is InChI=1S/C15H16FN3O/c1-19(14-7-5-11(10-17)6-8-14)15(20)18-13-4-2-3-12(16)9-13/h2-9H,10,17H2,1H3,(H,18,20). The fraction of sp³-hybridized carbons (Fsp3) is 0.133. The summed E-state index contributed by atoms with van der Waals surface area (Å²) in [7, 11) is 1.64. The fourth-order valence-corrected chi connectivity index (χ4v) is 1.75. The number of benzene rings is 2. The molecule has 0 spiro atoms. The molecule has 2 aromatic carbocycles. The first-order valence-electron chi connectivity index (χ1n) is 6.19. The third kappa shape index (κ3) is 3.33. The van der Waals surface area contributed by atoms with Crippen molar-refractivity contribution in [2.24, 2.45) is 5.73 Å². The van der Waals surface area contributed by atoms with Crippen LogP contribution >= 0.6 is 0 Å². The van der Waals surface area contributed by atoms with E-state index in [4.69, 9.17) is 5.73 Å². The number of nitrogens with two attached hydrogens (primary N) is 1. The van der Waals surface area contributed by atoms with Gasteiger partial charge in [0.05, 0.1) is 0 Å². The molecule has 104 valence electrons. The van der Waals surface area contributed by atoms with Crippen molar-refractivity contribution in [1.29, 1.82) is 0 Å². The van der Waals surface area contributed by atoms with Crippen LogP contribution in [-0.4, -0.2) is 13.1 Å². The van der Waals surface area contributed by atoms with Crippen LogP contribution < -0.4 is 16.0 Å². The van der Waals surface area contributed by atoms with Crippen LogP contribution in [0.15, 0.2) is 48.5 Å². The van der Waals surface area contributed by atoms with Gasteiger partial charge in [0.1, 0.15) is 5.82 Å². The van der Waals surface area contributed by atoms with Crippen molar-refractivity contribution in [3.05, 3.63) is 59.9 Å². The van der Waals surface area contributed by atoms with Crippen LogP contribution in [0.4, 0.5) is 20.6 Å². The minimum Gasteiger partial charge on any atom is -0.326 e. The highest BCUT2D eigenvalue weighted by atomic mass is 19.1. The number of nitrogens with one attached hydrogen (secondary N) is 1. The van der Waals surface area contributed by atoms with Gasteiger partial charge in [-0.15, -0.1) is 0 Å². The largest absolute Gasteiger partial charge is 0.326 e. The van der Waals surface area contributed by atoms with Crippen LogP contribution in [-0.2, 0) is 6.54 Å². The third-order valence-electron chi connectivity index (χ3n) is 2.94. The highest BCUT2D eigenvalue weighted by Crippen LogP contribution is 2.16. The molecule has 4 nitrogen and oxygen atoms in total. The first-order chi connectivity index (χ1) is 9.60. The lowest BCUT2D eigenvalue weighted by Crippen LogP contribution is -2.31. The molecule has 0 saturated carbocycles. The molecule has 0 aliphatic rings. The van der Waals surface area contributed by atoms with Gasteiger partial charge in [-0.1, -0.05) is 18.2 Å². The fourth-order valence-electron chi connectivity index (χ4n) is 1.75. The molecule has 20 heavy (non-hydrogen) atoms. The maximum absolute atomic E-state index is 13.0. The van der Waals surface area contributed by atoms with Gasteiger partial charge in [-0.2, -0.15) is 0 Å². The second kappa shape index (κ2) is 6.16. The topological polar surface area (TPSA) is 58.4 Å². The number of carbonyl (C=O) groups is 1. The highest BCUT2D eigenvalue weighted by Gasteiger charge is 2.11. The first kappa shape index (κ1) is 14.0. The molecular weight excluding hydrogens is 257 g/mol. The maximum atomic E-state index is 13.0. The highest BCUT2D eigenvalue weighted by molar-refractivity contribution is 6.01. The second-order valence-corrected chi connectivity index (χ2v) is 4.37.